The van der Waals surface area contributed by atoms with Crippen LogP contribution in [0.5, 0.6) is 0 Å². The van der Waals surface area contributed by atoms with Crippen molar-refractivity contribution in [2.45, 2.75) is 13.0 Å². The van der Waals surface area contributed by atoms with E-state index in [-0.39, 0.29) is 0 Å². The molecule has 1 N–H and O–H groups in total. The van der Waals surface area contributed by atoms with Gasteiger partial charge in [-0.05, 0) is 6.92 Å². The fraction of sp³-hybridized carbons (Fsp3) is 0.714. The number of ether oxygens (including phenoxy) is 1. The van der Waals surface area contributed by atoms with Gasteiger partial charge < -0.3 is 10.1 Å². The van der Waals surface area contributed by atoms with Crippen LogP contribution in [-0.2, 0) is 4.74 Å². The Hall–Kier alpha value is -0.340. The molecule has 1 unspecified atom stereocenters. The summed E-state index contributed by atoms with van der Waals surface area (Å²) < 4.78 is 5.22. The van der Waals surface area contributed by atoms with Crippen molar-refractivity contribution in [3.8, 4) is 0 Å². The highest BCUT2D eigenvalue weighted by atomic mass is 16.5. The molecular formula is C7H13NO. The smallest absolute Gasteiger partial charge is 0.0656 e. The maximum atomic E-state index is 5.22. The summed E-state index contributed by atoms with van der Waals surface area (Å²) in [5.41, 5.74) is 0. The van der Waals surface area contributed by atoms with Crippen LogP contribution in [0.15, 0.2) is 12.2 Å². The van der Waals surface area contributed by atoms with Crippen molar-refractivity contribution in [3.63, 3.8) is 0 Å². The van der Waals surface area contributed by atoms with E-state index in [1.54, 1.807) is 0 Å². The maximum absolute atomic E-state index is 5.22. The molecule has 1 saturated heterocycles. The second-order valence-electron chi connectivity index (χ2n) is 2.16. The Morgan fingerprint density at radius 2 is 2.56 bits per heavy atom. The second-order valence-corrected chi connectivity index (χ2v) is 2.16. The molecule has 9 heavy (non-hydrogen) atoms. The molecule has 0 saturated carbocycles. The first-order chi connectivity index (χ1) is 4.43. The molecule has 0 aromatic rings. The van der Waals surface area contributed by atoms with Gasteiger partial charge in [0.05, 0.1) is 13.2 Å². The summed E-state index contributed by atoms with van der Waals surface area (Å²) in [5.74, 6) is 0. The summed E-state index contributed by atoms with van der Waals surface area (Å²) in [6, 6.07) is 0.448. The summed E-state index contributed by atoms with van der Waals surface area (Å²) in [6.45, 7) is 4.68. The number of hydrogen-bond donors (Lipinski definition) is 1. The molecule has 2 nitrogen and oxygen atoms in total. The third-order valence-corrected chi connectivity index (χ3v) is 1.38. The molecule has 1 rings (SSSR count). The molecular weight excluding hydrogens is 114 g/mol. The molecule has 1 aliphatic heterocycles. The Bertz CT molecular complexity index is 95.1. The van der Waals surface area contributed by atoms with Gasteiger partial charge in [-0.15, -0.1) is 0 Å². The lowest BCUT2D eigenvalue weighted by molar-refractivity contribution is 0.0901. The van der Waals surface area contributed by atoms with Crippen molar-refractivity contribution >= 4 is 0 Å². The molecule has 0 amide bonds. The zero-order valence-corrected chi connectivity index (χ0v) is 5.76. The maximum Gasteiger partial charge on any atom is 0.0656 e. The van der Waals surface area contributed by atoms with Gasteiger partial charge in [0.25, 0.3) is 0 Å². The summed E-state index contributed by atoms with van der Waals surface area (Å²) in [6.07, 6.45) is 4.17. The van der Waals surface area contributed by atoms with Crippen LogP contribution in [0.3, 0.4) is 0 Å². The first kappa shape index (κ1) is 6.78. The van der Waals surface area contributed by atoms with Gasteiger partial charge in [-0.25, -0.2) is 0 Å². The standard InChI is InChI=1S/C7H13NO/c1-2-3-7-6-9-5-4-8-7/h2-3,7-8H,4-6H2,1H3/b3-2+. The first-order valence-corrected chi connectivity index (χ1v) is 3.37. The molecule has 0 aromatic carbocycles. The second kappa shape index (κ2) is 3.64. The van der Waals surface area contributed by atoms with E-state index in [0.29, 0.717) is 6.04 Å². The Labute approximate surface area is 55.9 Å². The van der Waals surface area contributed by atoms with Gasteiger partial charge in [0.2, 0.25) is 0 Å². The van der Waals surface area contributed by atoms with Crippen molar-refractivity contribution < 1.29 is 4.74 Å². The fourth-order valence-corrected chi connectivity index (χ4v) is 0.942. The van der Waals surface area contributed by atoms with E-state index >= 15 is 0 Å². The Morgan fingerprint density at radius 3 is 3.11 bits per heavy atom. The monoisotopic (exact) mass is 127 g/mol. The zero-order chi connectivity index (χ0) is 6.53. The molecule has 1 atom stereocenters. The molecule has 1 fully saturated rings. The third-order valence-electron chi connectivity index (χ3n) is 1.38. The lowest BCUT2D eigenvalue weighted by Gasteiger charge is -2.20. The average molecular weight is 127 g/mol. The number of hydrogen-bond acceptors (Lipinski definition) is 2. The van der Waals surface area contributed by atoms with Crippen molar-refractivity contribution in [2.75, 3.05) is 19.8 Å². The van der Waals surface area contributed by atoms with Crippen LogP contribution < -0.4 is 5.32 Å². The predicted octanol–water partition coefficient (Wildman–Crippen LogP) is 0.551. The Kier molecular flexibility index (Phi) is 2.74. The van der Waals surface area contributed by atoms with Gasteiger partial charge in [0.1, 0.15) is 0 Å². The van der Waals surface area contributed by atoms with Gasteiger partial charge in [0, 0.05) is 12.6 Å². The van der Waals surface area contributed by atoms with E-state index in [9.17, 15) is 0 Å². The molecule has 0 aromatic heterocycles. The van der Waals surface area contributed by atoms with E-state index in [1.807, 2.05) is 13.0 Å². The lowest BCUT2D eigenvalue weighted by atomic mass is 10.2. The molecule has 2 heteroatoms. The predicted molar refractivity (Wildman–Crippen MR) is 37.4 cm³/mol. The van der Waals surface area contributed by atoms with Gasteiger partial charge in [-0.3, -0.25) is 0 Å². The number of allylic oxidation sites excluding steroid dienone is 1. The topological polar surface area (TPSA) is 21.3 Å². The summed E-state index contributed by atoms with van der Waals surface area (Å²) in [4.78, 5) is 0. The summed E-state index contributed by atoms with van der Waals surface area (Å²) in [5, 5.41) is 3.31. The quantitative estimate of drug-likeness (QED) is 0.519. The van der Waals surface area contributed by atoms with Crippen molar-refractivity contribution in [1.82, 2.24) is 5.32 Å². The lowest BCUT2D eigenvalue weighted by Crippen LogP contribution is -2.39. The van der Waals surface area contributed by atoms with E-state index < -0.39 is 0 Å². The number of morpholine rings is 1. The highest BCUT2D eigenvalue weighted by Crippen LogP contribution is 1.93. The minimum Gasteiger partial charge on any atom is -0.378 e. The summed E-state index contributed by atoms with van der Waals surface area (Å²) >= 11 is 0. The average Bonchev–Trinajstić information content (AvgIpc) is 1.91. The number of rotatable bonds is 1. The number of nitrogens with one attached hydrogen (secondary N) is 1. The highest BCUT2D eigenvalue weighted by Gasteiger charge is 2.07. The van der Waals surface area contributed by atoms with E-state index in [4.69, 9.17) is 4.74 Å². The van der Waals surface area contributed by atoms with Crippen LogP contribution in [-0.4, -0.2) is 25.8 Å². The van der Waals surface area contributed by atoms with Gasteiger partial charge >= 0.3 is 0 Å². The fourth-order valence-electron chi connectivity index (χ4n) is 0.942. The summed E-state index contributed by atoms with van der Waals surface area (Å²) in [7, 11) is 0. The third kappa shape index (κ3) is 2.16. The molecule has 0 radical (unpaired) electrons. The minimum atomic E-state index is 0.448. The molecule has 0 bridgehead atoms. The van der Waals surface area contributed by atoms with Gasteiger partial charge in [-0.1, -0.05) is 12.2 Å². The zero-order valence-electron chi connectivity index (χ0n) is 5.76. The Balaban J connectivity index is 2.23. The molecule has 1 heterocycles. The van der Waals surface area contributed by atoms with Crippen molar-refractivity contribution in [1.29, 1.82) is 0 Å². The SMILES string of the molecule is C/C=C/C1COCCN1. The van der Waals surface area contributed by atoms with Crippen LogP contribution in [0.1, 0.15) is 6.92 Å². The van der Waals surface area contributed by atoms with Crippen LogP contribution >= 0.6 is 0 Å². The van der Waals surface area contributed by atoms with Crippen molar-refractivity contribution in [3.05, 3.63) is 12.2 Å². The molecule has 52 valence electrons. The Morgan fingerprint density at radius 1 is 1.67 bits per heavy atom. The van der Waals surface area contributed by atoms with Crippen molar-refractivity contribution in [2.24, 2.45) is 0 Å². The van der Waals surface area contributed by atoms with Crippen LogP contribution in [0, 0.1) is 0 Å². The van der Waals surface area contributed by atoms with Crippen LogP contribution in [0.25, 0.3) is 0 Å². The van der Waals surface area contributed by atoms with Gasteiger partial charge in [-0.2, -0.15) is 0 Å². The van der Waals surface area contributed by atoms with E-state index in [2.05, 4.69) is 11.4 Å². The van der Waals surface area contributed by atoms with Crippen LogP contribution in [0.4, 0.5) is 0 Å². The normalized spacial score (nSPS) is 29.2. The van der Waals surface area contributed by atoms with Crippen LogP contribution in [0.2, 0.25) is 0 Å². The first-order valence-electron chi connectivity index (χ1n) is 3.37. The molecule has 0 aliphatic carbocycles. The largest absolute Gasteiger partial charge is 0.378 e. The molecule has 0 spiro atoms. The minimum absolute atomic E-state index is 0.448. The molecule has 1 aliphatic rings. The van der Waals surface area contributed by atoms with Gasteiger partial charge in [0.15, 0.2) is 0 Å². The van der Waals surface area contributed by atoms with E-state index in [0.717, 1.165) is 19.8 Å². The highest BCUT2D eigenvalue weighted by molar-refractivity contribution is 4.92. The van der Waals surface area contributed by atoms with E-state index in [1.165, 1.54) is 0 Å².